The number of carbonyl (C=O) groups excluding carboxylic acids is 3. The molecule has 0 unspecified atom stereocenters. The summed E-state index contributed by atoms with van der Waals surface area (Å²) in [5.74, 6) is 1.83. The number of benzene rings is 2. The van der Waals surface area contributed by atoms with E-state index in [4.69, 9.17) is 18.9 Å². The topological polar surface area (TPSA) is 144 Å². The first-order valence-corrected chi connectivity index (χ1v) is 16.4. The van der Waals surface area contributed by atoms with Gasteiger partial charge in [-0.05, 0) is 62.4 Å². The lowest BCUT2D eigenvalue weighted by Gasteiger charge is -2.27. The molecular weight excluding hydrogens is 616 g/mol. The maximum Gasteiger partial charge on any atom is 0.258 e. The summed E-state index contributed by atoms with van der Waals surface area (Å²) in [5, 5.41) is 5.97. The first-order valence-electron chi connectivity index (χ1n) is 16.4. The van der Waals surface area contributed by atoms with Crippen LogP contribution in [0.4, 0.5) is 5.95 Å². The fourth-order valence-corrected chi connectivity index (χ4v) is 6.32. The van der Waals surface area contributed by atoms with Crippen molar-refractivity contribution < 1.29 is 33.3 Å². The molecule has 0 radical (unpaired) electrons. The van der Waals surface area contributed by atoms with Crippen LogP contribution in [-0.4, -0.2) is 91.7 Å². The van der Waals surface area contributed by atoms with Crippen LogP contribution >= 0.6 is 0 Å². The van der Waals surface area contributed by atoms with E-state index in [0.29, 0.717) is 46.6 Å². The first-order chi connectivity index (χ1) is 23.3. The molecule has 2 saturated heterocycles. The third-order valence-electron chi connectivity index (χ3n) is 8.99. The molecule has 0 aliphatic carbocycles. The second-order valence-electron chi connectivity index (χ2n) is 12.3. The summed E-state index contributed by atoms with van der Waals surface area (Å²) in [6.07, 6.45) is 5.19. The van der Waals surface area contributed by atoms with Crippen molar-refractivity contribution in [2.75, 3.05) is 51.9 Å². The molecule has 0 spiro atoms. The number of carbonyl (C=O) groups is 3. The number of methoxy groups -OCH3 is 2. The standard InChI is InChI=1S/C35H42N6O7/c1-22-26(18-37-35(38-22)40-13-5-4-6-14-40)34(44)41-19-27-31(20-41)48-25-10-9-24(29(16-25)45-2)17-36-32(42)12-8-23-7-11-28(30(15-23)46-3)47-21-33(43)39-27/h7,9-11,15-16,18,27,31H,4-6,8,12-14,17,19-21H2,1-3H3,(H,36,42)(H,39,43)/t27-,31-/m1/s1. The van der Waals surface area contributed by atoms with Crippen LogP contribution in [0.25, 0.3) is 0 Å². The number of rotatable bonds is 4. The molecule has 2 fully saturated rings. The number of amides is 3. The Morgan fingerprint density at radius 1 is 0.958 bits per heavy atom. The molecule has 48 heavy (non-hydrogen) atoms. The molecule has 6 aliphatic rings. The van der Waals surface area contributed by atoms with Gasteiger partial charge in [-0.25, -0.2) is 9.97 Å². The molecule has 13 heteroatoms. The van der Waals surface area contributed by atoms with E-state index >= 15 is 0 Å². The van der Waals surface area contributed by atoms with Crippen molar-refractivity contribution in [1.82, 2.24) is 25.5 Å². The molecule has 4 bridgehead atoms. The highest BCUT2D eigenvalue weighted by atomic mass is 16.5. The van der Waals surface area contributed by atoms with Gasteiger partial charge in [0.2, 0.25) is 11.9 Å². The van der Waals surface area contributed by atoms with Gasteiger partial charge in [-0.3, -0.25) is 14.4 Å². The zero-order valence-corrected chi connectivity index (χ0v) is 27.6. The average molecular weight is 659 g/mol. The van der Waals surface area contributed by atoms with Crippen LogP contribution in [-0.2, 0) is 22.6 Å². The van der Waals surface area contributed by atoms with E-state index in [0.717, 1.165) is 37.1 Å². The van der Waals surface area contributed by atoms with E-state index in [1.54, 1.807) is 42.5 Å². The predicted octanol–water partition coefficient (Wildman–Crippen LogP) is 2.82. The van der Waals surface area contributed by atoms with E-state index in [1.165, 1.54) is 13.5 Å². The quantitative estimate of drug-likeness (QED) is 0.430. The molecule has 7 heterocycles. The predicted molar refractivity (Wildman–Crippen MR) is 177 cm³/mol. The zero-order valence-electron chi connectivity index (χ0n) is 27.6. The van der Waals surface area contributed by atoms with Crippen LogP contribution in [0.15, 0.2) is 42.6 Å². The Morgan fingerprint density at radius 2 is 1.77 bits per heavy atom. The van der Waals surface area contributed by atoms with Gasteiger partial charge in [-0.15, -0.1) is 0 Å². The number of nitrogens with zero attached hydrogens (tertiary/aromatic N) is 4. The molecule has 254 valence electrons. The summed E-state index contributed by atoms with van der Waals surface area (Å²) < 4.78 is 23.4. The summed E-state index contributed by atoms with van der Waals surface area (Å²) >= 11 is 0. The van der Waals surface area contributed by atoms with Crippen molar-refractivity contribution in [2.24, 2.45) is 0 Å². The molecule has 3 amide bonds. The molecule has 1 aromatic heterocycles. The molecule has 6 aliphatic heterocycles. The van der Waals surface area contributed by atoms with Gasteiger partial charge < -0.3 is 39.4 Å². The fraction of sp³-hybridized carbons (Fsp3) is 0.457. The molecule has 2 atom stereocenters. The monoisotopic (exact) mass is 658 g/mol. The van der Waals surface area contributed by atoms with Crippen LogP contribution in [0, 0.1) is 6.92 Å². The number of aromatic nitrogens is 2. The van der Waals surface area contributed by atoms with Gasteiger partial charge in [0.1, 0.15) is 17.6 Å². The first kappa shape index (κ1) is 32.9. The number of aryl methyl sites for hydroxylation is 2. The van der Waals surface area contributed by atoms with Gasteiger partial charge >= 0.3 is 0 Å². The number of likely N-dealkylation sites (tertiary alicyclic amines) is 1. The lowest BCUT2D eigenvalue weighted by atomic mass is 10.1. The average Bonchev–Trinajstić information content (AvgIpc) is 3.50. The Balaban J connectivity index is 1.25. The maximum absolute atomic E-state index is 13.8. The summed E-state index contributed by atoms with van der Waals surface area (Å²) in [5.41, 5.74) is 2.69. The smallest absolute Gasteiger partial charge is 0.258 e. The maximum atomic E-state index is 13.8. The van der Waals surface area contributed by atoms with Crippen LogP contribution in [0.3, 0.4) is 0 Å². The van der Waals surface area contributed by atoms with E-state index in [1.807, 2.05) is 19.1 Å². The number of ether oxygens (including phenoxy) is 4. The Labute approximate surface area is 279 Å². The number of hydrogen-bond donors (Lipinski definition) is 2. The Bertz CT molecular complexity index is 1660. The van der Waals surface area contributed by atoms with Crippen molar-refractivity contribution in [2.45, 2.75) is 57.7 Å². The van der Waals surface area contributed by atoms with E-state index in [2.05, 4.69) is 25.5 Å². The molecular formula is C35H42N6O7. The Kier molecular flexibility index (Phi) is 10.1. The Morgan fingerprint density at radius 3 is 2.54 bits per heavy atom. The second kappa shape index (κ2) is 14.8. The third-order valence-corrected chi connectivity index (χ3v) is 8.99. The zero-order chi connectivity index (χ0) is 33.6. The van der Waals surface area contributed by atoms with Gasteiger partial charge in [-0.2, -0.15) is 0 Å². The summed E-state index contributed by atoms with van der Waals surface area (Å²) in [4.78, 5) is 52.8. The van der Waals surface area contributed by atoms with Crippen molar-refractivity contribution >= 4 is 23.7 Å². The van der Waals surface area contributed by atoms with Gasteiger partial charge in [0, 0.05) is 50.4 Å². The number of piperidine rings is 1. The van der Waals surface area contributed by atoms with E-state index in [-0.39, 0.29) is 50.4 Å². The van der Waals surface area contributed by atoms with Crippen LogP contribution in [0.5, 0.6) is 23.0 Å². The minimum Gasteiger partial charge on any atom is -0.496 e. The Hall–Kier alpha value is -5.07. The molecule has 2 aromatic carbocycles. The minimum absolute atomic E-state index is 0.108. The molecule has 0 saturated carbocycles. The summed E-state index contributed by atoms with van der Waals surface area (Å²) in [7, 11) is 3.08. The molecule has 3 aromatic rings. The number of nitrogens with one attached hydrogen (secondary N) is 2. The van der Waals surface area contributed by atoms with Crippen LogP contribution < -0.4 is 34.5 Å². The SMILES string of the molecule is COc1cc2ccc1CNC(=O)CCc1ccc(c(OC)c1)OCC(=O)N[C@@H]1CN(C(=O)c3cnc(N4CCCCC4)nc3C)C[C@H]1O2. The summed E-state index contributed by atoms with van der Waals surface area (Å²) in [6, 6.07) is 10.2. The fourth-order valence-electron chi connectivity index (χ4n) is 6.32. The highest BCUT2D eigenvalue weighted by Crippen LogP contribution is 2.30. The van der Waals surface area contributed by atoms with Crippen molar-refractivity contribution in [3.05, 3.63) is 65.0 Å². The van der Waals surface area contributed by atoms with Crippen molar-refractivity contribution in [1.29, 1.82) is 0 Å². The van der Waals surface area contributed by atoms with Crippen molar-refractivity contribution in [3.8, 4) is 23.0 Å². The van der Waals surface area contributed by atoms with Gasteiger partial charge in [-0.1, -0.05) is 6.07 Å². The molecule has 13 nitrogen and oxygen atoms in total. The minimum atomic E-state index is -0.582. The lowest BCUT2D eigenvalue weighted by Crippen LogP contribution is -2.46. The normalized spacial score (nSPS) is 20.2. The van der Waals surface area contributed by atoms with E-state index < -0.39 is 12.1 Å². The van der Waals surface area contributed by atoms with Crippen LogP contribution in [0.2, 0.25) is 0 Å². The molecule has 2 N–H and O–H groups in total. The van der Waals surface area contributed by atoms with Gasteiger partial charge in [0.15, 0.2) is 18.1 Å². The van der Waals surface area contributed by atoms with Gasteiger partial charge in [0.05, 0.1) is 38.1 Å². The summed E-state index contributed by atoms with van der Waals surface area (Å²) in [6.45, 7) is 4.06. The largest absolute Gasteiger partial charge is 0.496 e. The third kappa shape index (κ3) is 7.56. The lowest BCUT2D eigenvalue weighted by molar-refractivity contribution is -0.124. The number of anilines is 1. The molecule has 9 rings (SSSR count). The highest BCUT2D eigenvalue weighted by molar-refractivity contribution is 5.95. The van der Waals surface area contributed by atoms with E-state index in [9.17, 15) is 14.4 Å². The van der Waals surface area contributed by atoms with Crippen LogP contribution in [0.1, 0.15) is 52.9 Å². The second-order valence-corrected chi connectivity index (χ2v) is 12.3. The number of hydrogen-bond acceptors (Lipinski definition) is 10. The highest BCUT2D eigenvalue weighted by Gasteiger charge is 2.39. The van der Waals surface area contributed by atoms with Crippen molar-refractivity contribution in [3.63, 3.8) is 0 Å². The van der Waals surface area contributed by atoms with Gasteiger partial charge in [0.25, 0.3) is 11.8 Å².